The number of carbonyl (C=O) groups is 1. The number of alkyl halides is 3. The van der Waals surface area contributed by atoms with Gasteiger partial charge < -0.3 is 14.2 Å². The van der Waals surface area contributed by atoms with E-state index in [0.717, 1.165) is 48.6 Å². The van der Waals surface area contributed by atoms with E-state index in [-0.39, 0.29) is 34.2 Å². The minimum atomic E-state index is -4.78. The highest BCUT2D eigenvalue weighted by Gasteiger charge is 2.32. The van der Waals surface area contributed by atoms with Crippen molar-refractivity contribution >= 4 is 29.3 Å². The molecule has 1 aliphatic rings. The zero-order chi connectivity index (χ0) is 27.3. The van der Waals surface area contributed by atoms with Crippen molar-refractivity contribution in [2.45, 2.75) is 61.7 Å². The first-order valence-corrected chi connectivity index (χ1v) is 13.4. The molecule has 1 fully saturated rings. The van der Waals surface area contributed by atoms with Crippen molar-refractivity contribution in [2.75, 3.05) is 13.7 Å². The molecule has 0 unspecified atom stereocenters. The van der Waals surface area contributed by atoms with Gasteiger partial charge in [-0.25, -0.2) is 9.48 Å². The molecule has 4 rings (SSSR count). The van der Waals surface area contributed by atoms with E-state index in [2.05, 4.69) is 15.0 Å². The molecule has 0 amide bonds. The molecule has 1 aromatic heterocycles. The molecule has 12 heteroatoms. The van der Waals surface area contributed by atoms with Crippen molar-refractivity contribution < 1.29 is 32.2 Å². The Kier molecular flexibility index (Phi) is 9.09. The summed E-state index contributed by atoms with van der Waals surface area (Å²) >= 11 is 7.61. The highest BCUT2D eigenvalue weighted by atomic mass is 35.5. The van der Waals surface area contributed by atoms with Crippen molar-refractivity contribution in [1.29, 1.82) is 0 Å². The number of aromatic nitrogens is 3. The van der Waals surface area contributed by atoms with Crippen LogP contribution in [0, 0.1) is 0 Å². The average molecular weight is 570 g/mol. The molecule has 38 heavy (non-hydrogen) atoms. The van der Waals surface area contributed by atoms with Crippen LogP contribution in [0.1, 0.15) is 60.1 Å². The molecule has 1 saturated carbocycles. The van der Waals surface area contributed by atoms with E-state index in [4.69, 9.17) is 21.1 Å². The van der Waals surface area contributed by atoms with Crippen molar-refractivity contribution in [3.8, 4) is 11.5 Å². The molecule has 2 aromatic carbocycles. The Bertz CT molecular complexity index is 1250. The van der Waals surface area contributed by atoms with Crippen LogP contribution in [0.15, 0.2) is 47.5 Å². The number of thioether (sulfide) groups is 1. The van der Waals surface area contributed by atoms with Gasteiger partial charge in [-0.15, -0.1) is 30.0 Å². The van der Waals surface area contributed by atoms with Crippen LogP contribution >= 0.6 is 23.4 Å². The lowest BCUT2D eigenvalue weighted by atomic mass is 9.84. The Morgan fingerprint density at radius 2 is 1.82 bits per heavy atom. The second-order valence-electron chi connectivity index (χ2n) is 8.83. The number of hydrogen-bond donors (Lipinski definition) is 0. The Hall–Kier alpha value is -2.92. The van der Waals surface area contributed by atoms with Crippen LogP contribution in [0.2, 0.25) is 5.02 Å². The zero-order valence-corrected chi connectivity index (χ0v) is 22.4. The Morgan fingerprint density at radius 1 is 1.11 bits per heavy atom. The van der Waals surface area contributed by atoms with Crippen molar-refractivity contribution in [1.82, 2.24) is 15.0 Å². The molecule has 0 spiro atoms. The maximum atomic E-state index is 12.7. The van der Waals surface area contributed by atoms with Crippen LogP contribution in [0.25, 0.3) is 0 Å². The number of rotatable bonds is 9. The molecule has 1 aliphatic carbocycles. The SMILES string of the molecule is CCOC(=O)c1nnn(Cc2ccc(OC)cc2)c1SC1CCC(c2cc(Cl)cc(OC(F)(F)F)c2)CC1. The minimum absolute atomic E-state index is 0.0491. The van der Waals surface area contributed by atoms with Gasteiger partial charge in [-0.2, -0.15) is 0 Å². The standard InChI is InChI=1S/C26H27ClF3N3O4S/c1-3-36-25(34)23-24(33(32-31-23)15-16-4-8-20(35-2)9-5-16)38-22-10-6-17(7-11-22)18-12-19(27)14-21(13-18)37-26(28,29)30/h4-5,8-9,12-14,17,22H,3,6-7,10-11,15H2,1-2H3. The first kappa shape index (κ1) is 28.1. The lowest BCUT2D eigenvalue weighted by molar-refractivity contribution is -0.274. The third-order valence-corrected chi connectivity index (χ3v) is 7.85. The largest absolute Gasteiger partial charge is 0.573 e. The van der Waals surface area contributed by atoms with Crippen LogP contribution in [0.3, 0.4) is 0 Å². The van der Waals surface area contributed by atoms with E-state index in [1.165, 1.54) is 17.8 Å². The number of halogens is 4. The molecule has 0 atom stereocenters. The molecule has 204 valence electrons. The lowest BCUT2D eigenvalue weighted by Crippen LogP contribution is -2.18. The van der Waals surface area contributed by atoms with E-state index in [0.29, 0.717) is 11.6 Å². The third-order valence-electron chi connectivity index (χ3n) is 6.20. The van der Waals surface area contributed by atoms with Crippen molar-refractivity contribution in [3.63, 3.8) is 0 Å². The monoisotopic (exact) mass is 569 g/mol. The van der Waals surface area contributed by atoms with Gasteiger partial charge in [0.1, 0.15) is 16.5 Å². The van der Waals surface area contributed by atoms with Gasteiger partial charge in [0.15, 0.2) is 0 Å². The topological polar surface area (TPSA) is 75.5 Å². The molecule has 0 N–H and O–H groups in total. The summed E-state index contributed by atoms with van der Waals surface area (Å²) in [5, 5.41) is 9.34. The number of carbonyl (C=O) groups excluding carboxylic acids is 1. The van der Waals surface area contributed by atoms with E-state index in [1.807, 2.05) is 24.3 Å². The van der Waals surface area contributed by atoms with Crippen LogP contribution < -0.4 is 9.47 Å². The highest BCUT2D eigenvalue weighted by molar-refractivity contribution is 7.99. The second kappa shape index (κ2) is 12.3. The van der Waals surface area contributed by atoms with Gasteiger partial charge in [-0.3, -0.25) is 0 Å². The summed E-state index contributed by atoms with van der Waals surface area (Å²) < 4.78 is 54.3. The van der Waals surface area contributed by atoms with Gasteiger partial charge in [-0.05, 0) is 80.0 Å². The normalized spacial score (nSPS) is 17.7. The number of ether oxygens (including phenoxy) is 3. The van der Waals surface area contributed by atoms with Gasteiger partial charge >= 0.3 is 12.3 Å². The summed E-state index contributed by atoms with van der Waals surface area (Å²) in [7, 11) is 1.60. The first-order valence-electron chi connectivity index (χ1n) is 12.1. The molecule has 0 aliphatic heterocycles. The van der Waals surface area contributed by atoms with Gasteiger partial charge in [0, 0.05) is 10.3 Å². The molecule has 3 aromatic rings. The fourth-order valence-corrected chi connectivity index (χ4v) is 5.96. The van der Waals surface area contributed by atoms with E-state index >= 15 is 0 Å². The minimum Gasteiger partial charge on any atom is -0.497 e. The molecular weight excluding hydrogens is 543 g/mol. The number of esters is 1. The van der Waals surface area contributed by atoms with Gasteiger partial charge in [0.2, 0.25) is 5.69 Å². The van der Waals surface area contributed by atoms with Crippen LogP contribution in [0.4, 0.5) is 13.2 Å². The summed E-state index contributed by atoms with van der Waals surface area (Å²) in [6, 6.07) is 11.8. The van der Waals surface area contributed by atoms with Crippen molar-refractivity contribution in [3.05, 3.63) is 64.3 Å². The van der Waals surface area contributed by atoms with Crippen LogP contribution in [-0.4, -0.2) is 46.3 Å². The van der Waals surface area contributed by atoms with Crippen LogP contribution in [-0.2, 0) is 11.3 Å². The second-order valence-corrected chi connectivity index (χ2v) is 10.6. The average Bonchev–Trinajstić information content (AvgIpc) is 3.25. The lowest BCUT2D eigenvalue weighted by Gasteiger charge is -2.29. The fourth-order valence-electron chi connectivity index (χ4n) is 4.44. The maximum absolute atomic E-state index is 12.7. The summed E-state index contributed by atoms with van der Waals surface area (Å²) in [6.45, 7) is 2.37. The maximum Gasteiger partial charge on any atom is 0.573 e. The third kappa shape index (κ3) is 7.35. The summed E-state index contributed by atoms with van der Waals surface area (Å²) in [4.78, 5) is 12.6. The Balaban J connectivity index is 1.47. The Morgan fingerprint density at radius 3 is 2.45 bits per heavy atom. The van der Waals surface area contributed by atoms with E-state index < -0.39 is 12.3 Å². The zero-order valence-electron chi connectivity index (χ0n) is 20.8. The number of hydrogen-bond acceptors (Lipinski definition) is 7. The molecule has 0 saturated heterocycles. The number of benzene rings is 2. The first-order chi connectivity index (χ1) is 18.1. The van der Waals surface area contributed by atoms with E-state index in [9.17, 15) is 18.0 Å². The molecular formula is C26H27ClF3N3O4S. The molecule has 0 bridgehead atoms. The summed E-state index contributed by atoms with van der Waals surface area (Å²) in [6.07, 6.45) is -1.72. The molecule has 1 heterocycles. The van der Waals surface area contributed by atoms with Gasteiger partial charge in [-0.1, -0.05) is 28.9 Å². The van der Waals surface area contributed by atoms with Gasteiger partial charge in [0.25, 0.3) is 0 Å². The predicted octanol–water partition coefficient (Wildman–Crippen LogP) is 6.88. The quantitative estimate of drug-likeness (QED) is 0.260. The smallest absolute Gasteiger partial charge is 0.497 e. The van der Waals surface area contributed by atoms with Gasteiger partial charge in [0.05, 0.1) is 20.3 Å². The predicted molar refractivity (Wildman–Crippen MR) is 137 cm³/mol. The fraction of sp³-hybridized carbons (Fsp3) is 0.423. The summed E-state index contributed by atoms with van der Waals surface area (Å²) in [5.41, 5.74) is 1.87. The van der Waals surface area contributed by atoms with Crippen LogP contribution in [0.5, 0.6) is 11.5 Å². The summed E-state index contributed by atoms with van der Waals surface area (Å²) in [5.74, 6) is -0.0550. The number of methoxy groups -OCH3 is 1. The number of nitrogens with zero attached hydrogens (tertiary/aromatic N) is 3. The highest BCUT2D eigenvalue weighted by Crippen LogP contribution is 2.42. The molecule has 7 nitrogen and oxygen atoms in total. The Labute approximate surface area is 227 Å². The molecule has 0 radical (unpaired) electrons. The van der Waals surface area contributed by atoms with E-state index in [1.54, 1.807) is 24.8 Å². The van der Waals surface area contributed by atoms with Crippen molar-refractivity contribution in [2.24, 2.45) is 0 Å².